The summed E-state index contributed by atoms with van der Waals surface area (Å²) in [5.74, 6) is -0.218. The molecule has 0 heterocycles. The fourth-order valence-corrected chi connectivity index (χ4v) is 5.33. The van der Waals surface area contributed by atoms with Crippen LogP contribution in [-0.4, -0.2) is 37.0 Å². The molecule has 1 atom stereocenters. The van der Waals surface area contributed by atoms with Crippen molar-refractivity contribution in [2.45, 2.75) is 187 Å². The van der Waals surface area contributed by atoms with Crippen LogP contribution in [0, 0.1) is 0 Å². The van der Waals surface area contributed by atoms with E-state index < -0.39 is 6.10 Å². The molecule has 4 nitrogen and oxygen atoms in total. The van der Waals surface area contributed by atoms with E-state index in [-0.39, 0.29) is 19.2 Å². The highest BCUT2D eigenvalue weighted by Crippen LogP contribution is 2.15. The molecule has 0 bridgehead atoms. The minimum atomic E-state index is -0.560. The van der Waals surface area contributed by atoms with Gasteiger partial charge >= 0.3 is 5.97 Å². The summed E-state index contributed by atoms with van der Waals surface area (Å²) < 4.78 is 11.1. The van der Waals surface area contributed by atoms with Gasteiger partial charge in [-0.15, -0.1) is 0 Å². The maximum atomic E-state index is 12.2. The molecule has 0 aromatic rings. The van der Waals surface area contributed by atoms with E-state index in [0.717, 1.165) is 51.4 Å². The van der Waals surface area contributed by atoms with Crippen molar-refractivity contribution in [1.82, 2.24) is 0 Å². The highest BCUT2D eigenvalue weighted by Gasteiger charge is 2.13. The molecule has 0 rings (SSSR count). The highest BCUT2D eigenvalue weighted by molar-refractivity contribution is 5.69. The molecule has 45 heavy (non-hydrogen) atoms. The van der Waals surface area contributed by atoms with E-state index in [4.69, 9.17) is 9.47 Å². The zero-order chi connectivity index (χ0) is 32.7. The average molecular weight is 631 g/mol. The first kappa shape index (κ1) is 43.4. The molecule has 0 radical (unpaired) electrons. The third-order valence-electron chi connectivity index (χ3n) is 8.17. The van der Waals surface area contributed by atoms with Gasteiger partial charge in [0.25, 0.3) is 0 Å². The molecule has 0 saturated heterocycles. The zero-order valence-corrected chi connectivity index (χ0v) is 29.9. The van der Waals surface area contributed by atoms with Crippen LogP contribution < -0.4 is 0 Å². The summed E-state index contributed by atoms with van der Waals surface area (Å²) in [6, 6.07) is 0. The second-order valence-corrected chi connectivity index (χ2v) is 12.6. The van der Waals surface area contributed by atoms with Crippen molar-refractivity contribution in [1.29, 1.82) is 0 Å². The maximum absolute atomic E-state index is 12.2. The van der Waals surface area contributed by atoms with Crippen LogP contribution in [0.25, 0.3) is 0 Å². The number of allylic oxidation sites excluding steroid dienone is 8. The number of esters is 1. The second-order valence-electron chi connectivity index (χ2n) is 12.6. The lowest BCUT2D eigenvalue weighted by Gasteiger charge is -2.15. The minimum absolute atomic E-state index is 0.193. The summed E-state index contributed by atoms with van der Waals surface area (Å²) in [7, 11) is 0. The predicted octanol–water partition coefficient (Wildman–Crippen LogP) is 12.3. The number of ether oxygens (including phenoxy) is 2. The van der Waals surface area contributed by atoms with Crippen molar-refractivity contribution in [3.8, 4) is 0 Å². The SMILES string of the molecule is CC/C=C\C/C=C\C/C=C\C/C=C\CCCOCC(CO)OC(=O)CCCCCCCCCCCCCCCCCCCCC. The molecule has 0 aromatic heterocycles. The topological polar surface area (TPSA) is 55.8 Å². The summed E-state index contributed by atoms with van der Waals surface area (Å²) in [6.45, 7) is 5.11. The van der Waals surface area contributed by atoms with Crippen LogP contribution in [0.1, 0.15) is 181 Å². The normalized spacial score (nSPS) is 12.9. The molecule has 0 saturated carbocycles. The Labute approximate surface area is 280 Å². The molecule has 0 amide bonds. The van der Waals surface area contributed by atoms with Crippen LogP contribution in [0.5, 0.6) is 0 Å². The molecule has 0 fully saturated rings. The van der Waals surface area contributed by atoms with Crippen molar-refractivity contribution in [3.05, 3.63) is 48.6 Å². The molecular weight excluding hydrogens is 556 g/mol. The van der Waals surface area contributed by atoms with Gasteiger partial charge in [-0.1, -0.05) is 178 Å². The number of hydrogen-bond acceptors (Lipinski definition) is 4. The lowest BCUT2D eigenvalue weighted by atomic mass is 10.0. The number of rotatable bonds is 35. The Kier molecular flexibility index (Phi) is 37.1. The van der Waals surface area contributed by atoms with Gasteiger partial charge in [-0.2, -0.15) is 0 Å². The lowest BCUT2D eigenvalue weighted by molar-refractivity contribution is -0.154. The van der Waals surface area contributed by atoms with Gasteiger partial charge in [0.1, 0.15) is 6.10 Å². The molecule has 1 N–H and O–H groups in total. The first-order chi connectivity index (χ1) is 22.2. The molecule has 0 spiro atoms. The van der Waals surface area contributed by atoms with Crippen LogP contribution in [0.2, 0.25) is 0 Å². The number of aliphatic hydroxyl groups excluding tert-OH is 1. The van der Waals surface area contributed by atoms with Gasteiger partial charge in [0, 0.05) is 13.0 Å². The van der Waals surface area contributed by atoms with Crippen molar-refractivity contribution in [2.24, 2.45) is 0 Å². The van der Waals surface area contributed by atoms with Crippen molar-refractivity contribution in [3.63, 3.8) is 0 Å². The van der Waals surface area contributed by atoms with Crippen molar-refractivity contribution < 1.29 is 19.4 Å². The van der Waals surface area contributed by atoms with Gasteiger partial charge in [-0.25, -0.2) is 0 Å². The highest BCUT2D eigenvalue weighted by atomic mass is 16.6. The molecule has 0 aromatic carbocycles. The average Bonchev–Trinajstić information content (AvgIpc) is 3.05. The molecule has 4 heteroatoms. The van der Waals surface area contributed by atoms with E-state index in [1.165, 1.54) is 109 Å². The Balaban J connectivity index is 3.48. The maximum Gasteiger partial charge on any atom is 0.306 e. The number of unbranched alkanes of at least 4 members (excludes halogenated alkanes) is 19. The predicted molar refractivity (Wildman–Crippen MR) is 196 cm³/mol. The van der Waals surface area contributed by atoms with E-state index in [9.17, 15) is 9.90 Å². The summed E-state index contributed by atoms with van der Waals surface area (Å²) in [4.78, 5) is 12.2. The number of aliphatic hydroxyl groups is 1. The van der Waals surface area contributed by atoms with E-state index >= 15 is 0 Å². The van der Waals surface area contributed by atoms with Gasteiger partial charge in [0.2, 0.25) is 0 Å². The molecule has 0 aliphatic rings. The van der Waals surface area contributed by atoms with Crippen LogP contribution in [0.15, 0.2) is 48.6 Å². The van der Waals surface area contributed by atoms with Crippen molar-refractivity contribution >= 4 is 5.97 Å². The first-order valence-corrected chi connectivity index (χ1v) is 19.2. The van der Waals surface area contributed by atoms with Crippen LogP contribution in [0.3, 0.4) is 0 Å². The molecule has 1 unspecified atom stereocenters. The zero-order valence-electron chi connectivity index (χ0n) is 29.9. The Morgan fingerprint density at radius 1 is 0.556 bits per heavy atom. The number of hydrogen-bond donors (Lipinski definition) is 1. The van der Waals surface area contributed by atoms with Gasteiger partial charge < -0.3 is 14.6 Å². The van der Waals surface area contributed by atoms with E-state index in [1.54, 1.807) is 0 Å². The van der Waals surface area contributed by atoms with Crippen LogP contribution in [-0.2, 0) is 14.3 Å². The quantitative estimate of drug-likeness (QED) is 0.0430. The molecular formula is C41H74O4. The van der Waals surface area contributed by atoms with E-state index in [1.807, 2.05) is 0 Å². The second kappa shape index (κ2) is 38.5. The largest absolute Gasteiger partial charge is 0.457 e. The third-order valence-corrected chi connectivity index (χ3v) is 8.17. The Hall–Kier alpha value is -1.65. The van der Waals surface area contributed by atoms with Crippen LogP contribution >= 0.6 is 0 Å². The fraction of sp³-hybridized carbons (Fsp3) is 0.780. The summed E-state index contributed by atoms with van der Waals surface area (Å²) in [5.41, 5.74) is 0. The monoisotopic (exact) mass is 631 g/mol. The van der Waals surface area contributed by atoms with Gasteiger partial charge in [0.15, 0.2) is 0 Å². The van der Waals surface area contributed by atoms with Crippen LogP contribution in [0.4, 0.5) is 0 Å². The van der Waals surface area contributed by atoms with E-state index in [2.05, 4.69) is 62.5 Å². The fourth-order valence-electron chi connectivity index (χ4n) is 5.33. The van der Waals surface area contributed by atoms with Crippen molar-refractivity contribution in [2.75, 3.05) is 19.8 Å². The molecule has 262 valence electrons. The number of carbonyl (C=O) groups excluding carboxylic acids is 1. The lowest BCUT2D eigenvalue weighted by Crippen LogP contribution is -2.27. The smallest absolute Gasteiger partial charge is 0.306 e. The molecule has 0 aliphatic carbocycles. The summed E-state index contributed by atoms with van der Waals surface area (Å²) >= 11 is 0. The van der Waals surface area contributed by atoms with Gasteiger partial charge in [0.05, 0.1) is 13.2 Å². The van der Waals surface area contributed by atoms with E-state index in [0.29, 0.717) is 13.0 Å². The summed E-state index contributed by atoms with van der Waals surface area (Å²) in [5, 5.41) is 9.55. The molecule has 0 aliphatic heterocycles. The Morgan fingerprint density at radius 3 is 1.42 bits per heavy atom. The van der Waals surface area contributed by atoms with Gasteiger partial charge in [-0.05, 0) is 44.9 Å². The first-order valence-electron chi connectivity index (χ1n) is 19.2. The summed E-state index contributed by atoms with van der Waals surface area (Å²) in [6.07, 6.45) is 48.8. The standard InChI is InChI=1S/C41H74O4/c1-3-5-7-9-11-13-15-17-19-20-21-22-23-24-26-28-30-32-34-36-41(43)45-40(38-42)39-44-37-35-33-31-29-27-25-18-16-14-12-10-8-6-4-2/h6,8,12,14,18,25,29,31,40,42H,3-5,7,9-11,13,15-17,19-24,26-28,30,32-39H2,1-2H3/b8-6-,14-12-,25-18-,31-29-. The Bertz CT molecular complexity index is 708. The Morgan fingerprint density at radius 2 is 0.978 bits per heavy atom. The minimum Gasteiger partial charge on any atom is -0.457 e. The van der Waals surface area contributed by atoms with Gasteiger partial charge in [-0.3, -0.25) is 4.79 Å². The number of carbonyl (C=O) groups is 1. The third kappa shape index (κ3) is 36.7.